The smallest absolute Gasteiger partial charge is 0.387 e. The molecule has 0 aliphatic heterocycles. The number of benzene rings is 2. The van der Waals surface area contributed by atoms with Crippen molar-refractivity contribution >= 4 is 5.91 Å². The molecule has 10 heteroatoms. The number of aliphatic hydroxyl groups is 1. The van der Waals surface area contributed by atoms with Gasteiger partial charge in [-0.05, 0) is 29.8 Å². The minimum Gasteiger partial charge on any atom is -0.387 e. The Morgan fingerprint density at radius 3 is 2.38 bits per heavy atom. The fraction of sp³-hybridized carbons (Fsp3) is 0.158. The number of amides is 1. The maximum absolute atomic E-state index is 13.9. The molecule has 3 aromatic rings. The average molecular weight is 411 g/mol. The van der Waals surface area contributed by atoms with E-state index in [0.29, 0.717) is 10.9 Å². The summed E-state index contributed by atoms with van der Waals surface area (Å²) in [5, 5.41) is 15.7. The molecule has 1 unspecified atom stereocenters. The number of hydrogen-bond donors (Lipinski definition) is 2. The predicted molar refractivity (Wildman–Crippen MR) is 92.2 cm³/mol. The Bertz CT molecular complexity index is 1020. The van der Waals surface area contributed by atoms with E-state index in [1.54, 1.807) is 0 Å². The quantitative estimate of drug-likeness (QED) is 0.630. The van der Waals surface area contributed by atoms with Crippen molar-refractivity contribution in [1.29, 1.82) is 0 Å². The first kappa shape index (κ1) is 20.5. The Kier molecular flexibility index (Phi) is 5.64. The number of nitrogens with zero attached hydrogens (tertiary/aromatic N) is 2. The number of carbonyl (C=O) groups excluding carboxylic acids is 1. The number of nitrogens with one attached hydrogen (secondary N) is 1. The van der Waals surface area contributed by atoms with Crippen LogP contribution >= 0.6 is 0 Å². The van der Waals surface area contributed by atoms with Crippen LogP contribution in [0.1, 0.15) is 27.7 Å². The summed E-state index contributed by atoms with van der Waals surface area (Å²) < 4.78 is 67.9. The second-order valence-corrected chi connectivity index (χ2v) is 6.05. The molecule has 0 bridgehead atoms. The number of alkyl halides is 3. The van der Waals surface area contributed by atoms with E-state index in [0.717, 1.165) is 24.3 Å². The molecule has 29 heavy (non-hydrogen) atoms. The van der Waals surface area contributed by atoms with Crippen molar-refractivity contribution in [3.63, 3.8) is 0 Å². The van der Waals surface area contributed by atoms with E-state index < -0.39 is 53.3 Å². The summed E-state index contributed by atoms with van der Waals surface area (Å²) in [5.74, 6) is -2.62. The Morgan fingerprint density at radius 1 is 1.10 bits per heavy atom. The van der Waals surface area contributed by atoms with Gasteiger partial charge in [-0.3, -0.25) is 4.79 Å². The monoisotopic (exact) mass is 411 g/mol. The van der Waals surface area contributed by atoms with Gasteiger partial charge in [0.2, 0.25) is 0 Å². The summed E-state index contributed by atoms with van der Waals surface area (Å²) in [6.45, 7) is -0.424. The lowest BCUT2D eigenvalue weighted by Crippen LogP contribution is -2.30. The standard InChI is InChI=1S/C19H14F5N3O2/c20-12-7-5-11(6-8-12)16(28)10-25-18(29)13-9-26-27(17(13)19(22,23)24)15-4-2-1-3-14(15)21/h1-9,16,28H,10H2,(H,25,29). The highest BCUT2D eigenvalue weighted by Gasteiger charge is 2.41. The van der Waals surface area contributed by atoms with Crippen molar-refractivity contribution in [3.05, 3.63) is 83.2 Å². The highest BCUT2D eigenvalue weighted by atomic mass is 19.4. The number of aliphatic hydroxyl groups excluding tert-OH is 1. The minimum absolute atomic E-state index is 0.268. The van der Waals surface area contributed by atoms with Gasteiger partial charge in [-0.25, -0.2) is 13.5 Å². The third-order valence-electron chi connectivity index (χ3n) is 4.07. The molecule has 0 fully saturated rings. The van der Waals surface area contributed by atoms with Crippen LogP contribution in [0.4, 0.5) is 22.0 Å². The van der Waals surface area contributed by atoms with Crippen molar-refractivity contribution in [3.8, 4) is 5.69 Å². The van der Waals surface area contributed by atoms with Gasteiger partial charge in [0, 0.05) is 6.54 Å². The van der Waals surface area contributed by atoms with E-state index in [-0.39, 0.29) is 5.56 Å². The number of carbonyl (C=O) groups is 1. The highest BCUT2D eigenvalue weighted by molar-refractivity contribution is 5.95. The van der Waals surface area contributed by atoms with E-state index >= 15 is 0 Å². The third kappa shape index (κ3) is 4.43. The van der Waals surface area contributed by atoms with Crippen molar-refractivity contribution in [2.75, 3.05) is 6.54 Å². The van der Waals surface area contributed by atoms with Crippen LogP contribution in [0, 0.1) is 11.6 Å². The first-order valence-electron chi connectivity index (χ1n) is 8.30. The van der Waals surface area contributed by atoms with Gasteiger partial charge in [0.15, 0.2) is 5.69 Å². The summed E-state index contributed by atoms with van der Waals surface area (Å²) in [6, 6.07) is 9.46. The van der Waals surface area contributed by atoms with Crippen molar-refractivity contribution in [2.24, 2.45) is 0 Å². The number of rotatable bonds is 5. The fourth-order valence-electron chi connectivity index (χ4n) is 2.68. The van der Waals surface area contributed by atoms with Gasteiger partial charge in [0.25, 0.3) is 5.91 Å². The van der Waals surface area contributed by atoms with Crippen LogP contribution in [0.2, 0.25) is 0 Å². The average Bonchev–Trinajstić information content (AvgIpc) is 3.12. The lowest BCUT2D eigenvalue weighted by molar-refractivity contribution is -0.143. The molecule has 3 rings (SSSR count). The van der Waals surface area contributed by atoms with Crippen molar-refractivity contribution in [1.82, 2.24) is 15.1 Å². The topological polar surface area (TPSA) is 67.2 Å². The second-order valence-electron chi connectivity index (χ2n) is 6.05. The maximum Gasteiger partial charge on any atom is 0.434 e. The molecule has 0 spiro atoms. The van der Waals surface area contributed by atoms with Gasteiger partial charge in [0.1, 0.15) is 17.3 Å². The normalized spacial score (nSPS) is 12.6. The van der Waals surface area contributed by atoms with Crippen LogP contribution < -0.4 is 5.32 Å². The van der Waals surface area contributed by atoms with Crippen molar-refractivity contribution in [2.45, 2.75) is 12.3 Å². The summed E-state index contributed by atoms with van der Waals surface area (Å²) in [4.78, 5) is 12.3. The minimum atomic E-state index is -5.00. The molecule has 0 radical (unpaired) electrons. The first-order valence-corrected chi connectivity index (χ1v) is 8.30. The summed E-state index contributed by atoms with van der Waals surface area (Å²) in [5.41, 5.74) is -2.47. The number of para-hydroxylation sites is 1. The molecular weight excluding hydrogens is 397 g/mol. The summed E-state index contributed by atoms with van der Waals surface area (Å²) >= 11 is 0. The van der Waals surface area contributed by atoms with Crippen LogP contribution in [-0.2, 0) is 6.18 Å². The van der Waals surface area contributed by atoms with Crippen LogP contribution in [-0.4, -0.2) is 27.3 Å². The van der Waals surface area contributed by atoms with E-state index in [2.05, 4.69) is 10.4 Å². The Balaban J connectivity index is 1.85. The molecule has 0 saturated carbocycles. The van der Waals surface area contributed by atoms with Crippen LogP contribution in [0.25, 0.3) is 5.69 Å². The number of halogens is 5. The van der Waals surface area contributed by atoms with Gasteiger partial charge in [-0.2, -0.15) is 18.3 Å². The van der Waals surface area contributed by atoms with Gasteiger partial charge in [-0.1, -0.05) is 24.3 Å². The molecule has 0 saturated heterocycles. The largest absolute Gasteiger partial charge is 0.434 e. The maximum atomic E-state index is 13.9. The van der Waals surface area contributed by atoms with E-state index in [4.69, 9.17) is 0 Å². The fourth-order valence-corrected chi connectivity index (χ4v) is 2.68. The molecule has 152 valence electrons. The zero-order valence-corrected chi connectivity index (χ0v) is 14.6. The lowest BCUT2D eigenvalue weighted by Gasteiger charge is -2.15. The van der Waals surface area contributed by atoms with Crippen molar-refractivity contribution < 1.29 is 31.9 Å². The van der Waals surface area contributed by atoms with Gasteiger partial charge in [-0.15, -0.1) is 0 Å². The zero-order valence-electron chi connectivity index (χ0n) is 14.6. The Labute approximate surface area is 161 Å². The van der Waals surface area contributed by atoms with E-state index in [9.17, 15) is 31.9 Å². The number of hydrogen-bond acceptors (Lipinski definition) is 3. The molecule has 1 aromatic heterocycles. The summed E-state index contributed by atoms with van der Waals surface area (Å²) in [6.07, 6.45) is -5.59. The molecule has 0 aliphatic carbocycles. The van der Waals surface area contributed by atoms with Gasteiger partial charge < -0.3 is 10.4 Å². The SMILES string of the molecule is O=C(NCC(O)c1ccc(F)cc1)c1cnn(-c2ccccc2F)c1C(F)(F)F. The third-order valence-corrected chi connectivity index (χ3v) is 4.07. The van der Waals surface area contributed by atoms with Gasteiger partial charge in [0.05, 0.1) is 17.9 Å². The van der Waals surface area contributed by atoms with E-state index in [1.165, 1.54) is 24.3 Å². The molecule has 1 heterocycles. The van der Waals surface area contributed by atoms with E-state index in [1.807, 2.05) is 0 Å². The second kappa shape index (κ2) is 8.00. The lowest BCUT2D eigenvalue weighted by atomic mass is 10.1. The molecular formula is C19H14F5N3O2. The first-order chi connectivity index (χ1) is 13.7. The molecule has 1 amide bonds. The Hall–Kier alpha value is -3.27. The highest BCUT2D eigenvalue weighted by Crippen LogP contribution is 2.34. The number of aromatic nitrogens is 2. The van der Waals surface area contributed by atoms with Gasteiger partial charge >= 0.3 is 6.18 Å². The van der Waals surface area contributed by atoms with Crippen LogP contribution in [0.15, 0.2) is 54.7 Å². The molecule has 0 aliphatic rings. The molecule has 2 N–H and O–H groups in total. The van der Waals surface area contributed by atoms with Crippen LogP contribution in [0.5, 0.6) is 0 Å². The molecule has 5 nitrogen and oxygen atoms in total. The van der Waals surface area contributed by atoms with Crippen LogP contribution in [0.3, 0.4) is 0 Å². The molecule has 2 aromatic carbocycles. The zero-order chi connectivity index (χ0) is 21.2. The summed E-state index contributed by atoms with van der Waals surface area (Å²) in [7, 11) is 0. The predicted octanol–water partition coefficient (Wildman–Crippen LogP) is 3.63. The Morgan fingerprint density at radius 2 is 1.76 bits per heavy atom. The molecule has 1 atom stereocenters.